The standard InChI is InChI=1S/C15H17FN4O/c1-10(16)15(2)9-19-5-4-13(20(19)14(15)21)11-6-12(17-3)8-18-7-11/h6-8,10,13H,4-5,9H2,1-2H3/t10?,13-,15+/m1/s1. The van der Waals surface area contributed by atoms with Gasteiger partial charge in [-0.25, -0.2) is 14.2 Å². The molecule has 0 spiro atoms. The van der Waals surface area contributed by atoms with Crippen molar-refractivity contribution in [1.82, 2.24) is 15.0 Å². The second-order valence-corrected chi connectivity index (χ2v) is 5.96. The first-order valence-electron chi connectivity index (χ1n) is 7.02. The van der Waals surface area contributed by atoms with Crippen LogP contribution < -0.4 is 0 Å². The number of pyridine rings is 1. The molecule has 110 valence electrons. The summed E-state index contributed by atoms with van der Waals surface area (Å²) < 4.78 is 13.9. The molecule has 6 heteroatoms. The zero-order chi connectivity index (χ0) is 15.2. The predicted molar refractivity (Wildman–Crippen MR) is 75.0 cm³/mol. The van der Waals surface area contributed by atoms with Crippen molar-refractivity contribution in [3.63, 3.8) is 0 Å². The fourth-order valence-corrected chi connectivity index (χ4v) is 3.12. The highest BCUT2D eigenvalue weighted by Crippen LogP contribution is 2.44. The number of halogens is 1. The van der Waals surface area contributed by atoms with Crippen molar-refractivity contribution in [3.8, 4) is 0 Å². The van der Waals surface area contributed by atoms with E-state index in [-0.39, 0.29) is 11.9 Å². The van der Waals surface area contributed by atoms with Crippen molar-refractivity contribution < 1.29 is 9.18 Å². The molecule has 0 radical (unpaired) electrons. The van der Waals surface area contributed by atoms with Gasteiger partial charge in [0.1, 0.15) is 6.17 Å². The summed E-state index contributed by atoms with van der Waals surface area (Å²) in [7, 11) is 0. The molecule has 1 amide bonds. The Morgan fingerprint density at radius 3 is 3.00 bits per heavy atom. The summed E-state index contributed by atoms with van der Waals surface area (Å²) in [6, 6.07) is 1.61. The zero-order valence-electron chi connectivity index (χ0n) is 12.1. The number of hydrazine groups is 1. The van der Waals surface area contributed by atoms with Crippen LogP contribution >= 0.6 is 0 Å². The summed E-state index contributed by atoms with van der Waals surface area (Å²) in [5, 5.41) is 3.59. The van der Waals surface area contributed by atoms with Gasteiger partial charge in [0.05, 0.1) is 18.0 Å². The highest BCUT2D eigenvalue weighted by Gasteiger charge is 2.55. The minimum Gasteiger partial charge on any atom is -0.276 e. The first-order chi connectivity index (χ1) is 9.97. The van der Waals surface area contributed by atoms with Crippen molar-refractivity contribution in [2.75, 3.05) is 13.1 Å². The van der Waals surface area contributed by atoms with Crippen molar-refractivity contribution in [1.29, 1.82) is 0 Å². The van der Waals surface area contributed by atoms with Crippen LogP contribution in [0.4, 0.5) is 10.1 Å². The van der Waals surface area contributed by atoms with Gasteiger partial charge >= 0.3 is 0 Å². The lowest BCUT2D eigenvalue weighted by Crippen LogP contribution is -2.39. The molecule has 5 nitrogen and oxygen atoms in total. The average molecular weight is 288 g/mol. The lowest BCUT2D eigenvalue weighted by Gasteiger charge is -2.27. The molecule has 2 aliphatic heterocycles. The molecule has 2 saturated heterocycles. The Balaban J connectivity index is 1.94. The van der Waals surface area contributed by atoms with Gasteiger partial charge in [-0.2, -0.15) is 0 Å². The fraction of sp³-hybridized carbons (Fsp3) is 0.533. The molecule has 1 aromatic heterocycles. The third kappa shape index (κ3) is 2.00. The highest BCUT2D eigenvalue weighted by molar-refractivity contribution is 5.85. The Kier molecular flexibility index (Phi) is 3.18. The highest BCUT2D eigenvalue weighted by atomic mass is 19.1. The van der Waals surface area contributed by atoms with E-state index in [1.807, 2.05) is 5.01 Å². The van der Waals surface area contributed by atoms with Gasteiger partial charge in [-0.15, -0.1) is 0 Å². The summed E-state index contributed by atoms with van der Waals surface area (Å²) in [4.78, 5) is 20.1. The average Bonchev–Trinajstić information content (AvgIpc) is 2.99. The number of rotatable bonds is 2. The third-order valence-corrected chi connectivity index (χ3v) is 4.60. The lowest BCUT2D eigenvalue weighted by molar-refractivity contribution is -0.144. The van der Waals surface area contributed by atoms with Crippen molar-refractivity contribution >= 4 is 11.6 Å². The lowest BCUT2D eigenvalue weighted by atomic mass is 9.85. The van der Waals surface area contributed by atoms with Crippen LogP contribution in [0.3, 0.4) is 0 Å². The van der Waals surface area contributed by atoms with Crippen LogP contribution in [0.1, 0.15) is 31.9 Å². The van der Waals surface area contributed by atoms with E-state index in [0.717, 1.165) is 18.5 Å². The minimum atomic E-state index is -1.19. The van der Waals surface area contributed by atoms with E-state index in [2.05, 4.69) is 9.83 Å². The maximum absolute atomic E-state index is 13.9. The number of alkyl halides is 1. The van der Waals surface area contributed by atoms with Crippen LogP contribution in [0, 0.1) is 12.0 Å². The number of carbonyl (C=O) groups excluding carboxylic acids is 1. The third-order valence-electron chi connectivity index (χ3n) is 4.60. The normalized spacial score (nSPS) is 30.3. The number of nitrogens with zero attached hydrogens (tertiary/aromatic N) is 4. The van der Waals surface area contributed by atoms with Gasteiger partial charge in [0.15, 0.2) is 0 Å². The van der Waals surface area contributed by atoms with Gasteiger partial charge in [0.25, 0.3) is 0 Å². The SMILES string of the molecule is [C-]#[N+]c1cncc([C@H]2CCN3C[C@@](C)(C(C)F)C(=O)N23)c1. The molecule has 0 aromatic carbocycles. The summed E-state index contributed by atoms with van der Waals surface area (Å²) in [5.74, 6) is -0.173. The second kappa shape index (κ2) is 4.78. The molecule has 3 heterocycles. The van der Waals surface area contributed by atoms with Crippen LogP contribution in [-0.2, 0) is 4.79 Å². The molecule has 0 aliphatic carbocycles. The van der Waals surface area contributed by atoms with Gasteiger partial charge in [-0.05, 0) is 31.9 Å². The Hall–Kier alpha value is -2.00. The van der Waals surface area contributed by atoms with Crippen molar-refractivity contribution in [2.24, 2.45) is 5.41 Å². The van der Waals surface area contributed by atoms with Crippen LogP contribution in [0.25, 0.3) is 4.85 Å². The molecule has 0 saturated carbocycles. The van der Waals surface area contributed by atoms with E-state index >= 15 is 0 Å². The molecule has 0 bridgehead atoms. The van der Waals surface area contributed by atoms with Crippen molar-refractivity contribution in [3.05, 3.63) is 35.4 Å². The molecule has 3 atom stereocenters. The largest absolute Gasteiger partial charge is 0.276 e. The molecule has 0 N–H and O–H groups in total. The van der Waals surface area contributed by atoms with E-state index in [1.54, 1.807) is 24.2 Å². The minimum absolute atomic E-state index is 0.146. The molecular weight excluding hydrogens is 271 g/mol. The molecule has 2 aliphatic rings. The molecule has 1 aromatic rings. The van der Waals surface area contributed by atoms with Crippen LogP contribution in [-0.4, -0.2) is 40.2 Å². The number of hydrogen-bond donors (Lipinski definition) is 0. The smallest absolute Gasteiger partial charge is 0.247 e. The first kappa shape index (κ1) is 14.0. The van der Waals surface area contributed by atoms with Gasteiger partial charge in [-0.3, -0.25) is 14.8 Å². The fourth-order valence-electron chi connectivity index (χ4n) is 3.12. The number of hydrogen-bond acceptors (Lipinski definition) is 3. The molecule has 1 unspecified atom stereocenters. The van der Waals surface area contributed by atoms with E-state index in [4.69, 9.17) is 6.57 Å². The van der Waals surface area contributed by atoms with Gasteiger partial charge < -0.3 is 0 Å². The number of aromatic nitrogens is 1. The maximum atomic E-state index is 13.9. The van der Waals surface area contributed by atoms with E-state index in [9.17, 15) is 9.18 Å². The van der Waals surface area contributed by atoms with Crippen LogP contribution in [0.2, 0.25) is 0 Å². The monoisotopic (exact) mass is 288 g/mol. The summed E-state index contributed by atoms with van der Waals surface area (Å²) >= 11 is 0. The van der Waals surface area contributed by atoms with Crippen LogP contribution in [0.15, 0.2) is 18.5 Å². The van der Waals surface area contributed by atoms with Crippen molar-refractivity contribution in [2.45, 2.75) is 32.5 Å². The predicted octanol–water partition coefficient (Wildman–Crippen LogP) is 2.50. The van der Waals surface area contributed by atoms with Crippen LogP contribution in [0.5, 0.6) is 0 Å². The zero-order valence-corrected chi connectivity index (χ0v) is 12.1. The molecule has 3 rings (SSSR count). The molecule has 21 heavy (non-hydrogen) atoms. The maximum Gasteiger partial charge on any atom is 0.247 e. The summed E-state index contributed by atoms with van der Waals surface area (Å²) in [6.45, 7) is 11.3. The number of amides is 1. The Morgan fingerprint density at radius 2 is 2.33 bits per heavy atom. The number of fused-ring (bicyclic) bond motifs is 1. The summed E-state index contributed by atoms with van der Waals surface area (Å²) in [6.07, 6.45) is 2.78. The quantitative estimate of drug-likeness (QED) is 0.785. The Morgan fingerprint density at radius 1 is 1.57 bits per heavy atom. The first-order valence-corrected chi connectivity index (χ1v) is 7.02. The number of carbonyl (C=O) groups is 1. The molecular formula is C15H17FN4O. The summed E-state index contributed by atoms with van der Waals surface area (Å²) in [5.41, 5.74) is 0.318. The van der Waals surface area contributed by atoms with E-state index in [0.29, 0.717) is 12.2 Å². The van der Waals surface area contributed by atoms with E-state index in [1.165, 1.54) is 13.1 Å². The van der Waals surface area contributed by atoms with Gasteiger partial charge in [0, 0.05) is 25.5 Å². The van der Waals surface area contributed by atoms with Gasteiger partial charge in [-0.1, -0.05) is 0 Å². The Labute approximate surface area is 123 Å². The Bertz CT molecular complexity index is 626. The van der Waals surface area contributed by atoms with E-state index < -0.39 is 11.6 Å². The van der Waals surface area contributed by atoms with Gasteiger partial charge in [0.2, 0.25) is 11.6 Å². The second-order valence-electron chi connectivity index (χ2n) is 5.96. The molecule has 2 fully saturated rings. The topological polar surface area (TPSA) is 40.8 Å².